The maximum atomic E-state index is 15.6. The number of fused-ring (bicyclic) bond motifs is 3. The number of aliphatic hydroxyl groups excluding tert-OH is 1. The van der Waals surface area contributed by atoms with Crippen LogP contribution in [-0.2, 0) is 115 Å². The molecule has 45 nitrogen and oxygen atoms in total. The van der Waals surface area contributed by atoms with Gasteiger partial charge in [-0.05, 0) is 78.6 Å². The summed E-state index contributed by atoms with van der Waals surface area (Å²) in [6.45, 7) is 6.98. The van der Waals surface area contributed by atoms with Gasteiger partial charge in [-0.1, -0.05) is 133 Å². The van der Waals surface area contributed by atoms with Gasteiger partial charge in [0.05, 0.1) is 51.5 Å². The molecule has 47 heteroatoms. The number of nitrogens with two attached hydrogens (primary N) is 2. The van der Waals surface area contributed by atoms with Crippen molar-refractivity contribution in [3.8, 4) is 0 Å². The number of H-pyrrole nitrogens is 2. The molecule has 15 amide bonds. The average molecular weight is 1980 g/mol. The van der Waals surface area contributed by atoms with E-state index in [-0.39, 0.29) is 124 Å². The fraction of sp³-hybridized carbons (Fsp3) is 0.484. The Morgan fingerprint density at radius 1 is 0.529 bits per heavy atom. The number of rotatable bonds is 39. The van der Waals surface area contributed by atoms with Crippen LogP contribution in [-0.4, -0.2) is 355 Å². The Bertz CT molecular complexity index is 5490. The second-order valence-corrected chi connectivity index (χ2v) is 37.3. The summed E-state index contributed by atoms with van der Waals surface area (Å²) in [5.74, 6) is -23.3. The van der Waals surface area contributed by atoms with Gasteiger partial charge in [0.25, 0.3) is 0 Å². The maximum absolute atomic E-state index is 15.6. The van der Waals surface area contributed by atoms with E-state index in [4.69, 9.17) is 11.5 Å². The first-order valence-corrected chi connectivity index (χ1v) is 48.3. The molecule has 14 atom stereocenters. The third kappa shape index (κ3) is 33.8. The second kappa shape index (κ2) is 54.0. The van der Waals surface area contributed by atoms with Gasteiger partial charge >= 0.3 is 17.9 Å². The SMILES string of the molecule is CC[C@H](C)[C@H](NC(=O)[C@@H](NC(=O)[C@H](Cc1c[nH]c2ccccc12)NC(C)=O)[C@@H](C)O)C(=O)N[C@H]1CSSC[C@@H](C(=O)N[C@@H](Cc2c[nH]c3ccccc23)C(=O)N2CC=C[C@H]2C(C)=O)NC(=O)[C@H](CC(=O)O)NC(=O)[C@H](CCCCNC(=O)CN2CCN(CC(=O)O)CCN(CC=O)CCN(CC(=O)O)CC2)NC(=O)[C@H](Cc2ccc3ccccc3c2)NC(=O)[C@H](CC(N)=O)NC(=O)[C@H](CC(N)=O)NC1=O. The van der Waals surface area contributed by atoms with Gasteiger partial charge < -0.3 is 115 Å². The number of aldehydes is 1. The Morgan fingerprint density at radius 3 is 1.58 bits per heavy atom. The summed E-state index contributed by atoms with van der Waals surface area (Å²) >= 11 is 0. The number of ketones is 1. The molecule has 756 valence electrons. The topological polar surface area (TPSA) is 667 Å². The van der Waals surface area contributed by atoms with Gasteiger partial charge in [-0.3, -0.25) is 111 Å². The Labute approximate surface area is 813 Å². The summed E-state index contributed by atoms with van der Waals surface area (Å²) in [5, 5.41) is 74.7. The number of carbonyl (C=O) groups excluding carboxylic acids is 17. The number of Topliss-reactive ketones (excluding diaryl/α,β-unsaturated/α-hetero) is 1. The van der Waals surface area contributed by atoms with E-state index in [2.05, 4.69) is 73.8 Å². The largest absolute Gasteiger partial charge is 0.481 e. The standard InChI is InChI=1S/C93H123N21O24S2/c1-6-52(2)81(108-92(137)82(54(4)117)109-88(133)67(99-55(5)118)40-59-45-97-63-20-11-9-18-61(59)63)91(136)107-73-51-140-139-50-72(90(135)105-71(93(138)114-27-15-23-74(114)53(3)116)41-60-46-98-64-21-12-10-19-62(60)64)106-87(132)70(44-78(122)123)104-83(128)65(22-13-14-26-96-77(121)47-111-32-34-112(48-79(124)125)30-28-110(36-37-115)29-31-113(35-33-111)49-80(126)127)100-84(129)66(39-56-24-25-57-16-7-8-17-58(57)38-56)101-85(130)68(42-75(94)119)102-86(131)69(43-76(95)120)103-89(73)134/h7-12,15-21,23-25,37-38,45-46,52,54,65-74,81-82,97-98,117H,6,13-14,22,26-36,39-44,47-51H2,1-5H3,(H2,94,119)(H2,95,120)(H,96,121)(H,99,118)(H,100,129)(H,101,130)(H,102,131)(H,103,134)(H,104,128)(H,105,135)(H,106,132)(H,107,136)(H,108,137)(H,109,133)(H,122,123)(H,124,125)(H,126,127)/t52-,54+,65-,66-,67-,68-,69-,70-,71-,72-,73-,74-,81-,82-/m0/s1. The fourth-order valence-electron chi connectivity index (χ4n) is 16.3. The first-order valence-electron chi connectivity index (χ1n) is 45.9. The van der Waals surface area contributed by atoms with Crippen molar-refractivity contribution in [1.82, 2.24) is 98.3 Å². The van der Waals surface area contributed by atoms with Crippen molar-refractivity contribution in [1.29, 1.82) is 0 Å². The van der Waals surface area contributed by atoms with Crippen LogP contribution < -0.4 is 75.3 Å². The molecule has 0 radical (unpaired) electrons. The van der Waals surface area contributed by atoms with Gasteiger partial charge in [0.2, 0.25) is 88.6 Å². The van der Waals surface area contributed by atoms with Crippen molar-refractivity contribution < 1.29 is 116 Å². The second-order valence-electron chi connectivity index (χ2n) is 34.8. The molecule has 9 rings (SSSR count). The summed E-state index contributed by atoms with van der Waals surface area (Å²) < 4.78 is 0. The van der Waals surface area contributed by atoms with Crippen LogP contribution in [0.15, 0.2) is 116 Å². The molecule has 2 saturated heterocycles. The van der Waals surface area contributed by atoms with Gasteiger partial charge in [0.1, 0.15) is 78.8 Å². The van der Waals surface area contributed by atoms with E-state index in [0.29, 0.717) is 71.8 Å². The lowest BCUT2D eigenvalue weighted by Gasteiger charge is -2.32. The number of aliphatic carboxylic acids is 3. The third-order valence-corrected chi connectivity index (χ3v) is 26.5. The number of benzene rings is 4. The van der Waals surface area contributed by atoms with Crippen LogP contribution >= 0.6 is 21.6 Å². The summed E-state index contributed by atoms with van der Waals surface area (Å²) in [5.41, 5.74) is 14.3. The molecule has 3 aliphatic heterocycles. The molecule has 2 fully saturated rings. The van der Waals surface area contributed by atoms with Crippen LogP contribution in [0.25, 0.3) is 32.6 Å². The predicted molar refractivity (Wildman–Crippen MR) is 514 cm³/mol. The normalized spacial score (nSPS) is 21.1. The number of carboxylic acid groups (broad SMARTS) is 3. The van der Waals surface area contributed by atoms with E-state index < -0.39 is 240 Å². The van der Waals surface area contributed by atoms with Gasteiger partial charge in [0.15, 0.2) is 5.78 Å². The van der Waals surface area contributed by atoms with Crippen LogP contribution in [0.1, 0.15) is 96.3 Å². The Kier molecular flexibility index (Phi) is 42.4. The number of primary amides is 2. The number of para-hydroxylation sites is 2. The molecule has 22 N–H and O–H groups in total. The van der Waals surface area contributed by atoms with Crippen molar-refractivity contribution in [2.45, 2.75) is 177 Å². The van der Waals surface area contributed by atoms with Crippen molar-refractivity contribution in [2.75, 3.05) is 103 Å². The minimum Gasteiger partial charge on any atom is -0.481 e. The zero-order valence-corrected chi connectivity index (χ0v) is 79.8. The number of amides is 15. The quantitative estimate of drug-likeness (QED) is 0.00769. The predicted octanol–water partition coefficient (Wildman–Crippen LogP) is -3.54. The monoisotopic (exact) mass is 1980 g/mol. The van der Waals surface area contributed by atoms with E-state index in [0.717, 1.165) is 12.3 Å². The van der Waals surface area contributed by atoms with Crippen molar-refractivity contribution in [3.63, 3.8) is 0 Å². The third-order valence-electron chi connectivity index (χ3n) is 24.0. The summed E-state index contributed by atoms with van der Waals surface area (Å²) in [6.07, 6.45) is 0.663. The number of unbranched alkanes of at least 4 members (excludes halogenated alkanes) is 1. The number of hydrogen-bond donors (Lipinski definition) is 20. The molecule has 4 aromatic carbocycles. The highest BCUT2D eigenvalue weighted by Crippen LogP contribution is 2.28. The molecular weight excluding hydrogens is 1860 g/mol. The molecule has 0 spiro atoms. The van der Waals surface area contributed by atoms with E-state index in [1.807, 2.05) is 0 Å². The number of carboxylic acids is 3. The highest BCUT2D eigenvalue weighted by molar-refractivity contribution is 8.76. The number of aromatic nitrogens is 2. The van der Waals surface area contributed by atoms with Gasteiger partial charge in [-0.25, -0.2) is 0 Å². The molecule has 0 bridgehead atoms. The smallest absolute Gasteiger partial charge is 0.317 e. The lowest BCUT2D eigenvalue weighted by molar-refractivity contribution is -0.142. The number of aromatic amines is 2. The first-order chi connectivity index (χ1) is 66.7. The number of carbonyl (C=O) groups is 20. The van der Waals surface area contributed by atoms with Crippen molar-refractivity contribution in [2.24, 2.45) is 17.4 Å². The van der Waals surface area contributed by atoms with Gasteiger partial charge in [-0.15, -0.1) is 0 Å². The molecule has 2 aromatic heterocycles. The average Bonchev–Trinajstić information content (AvgIpc) is 1.68. The van der Waals surface area contributed by atoms with Gasteiger partial charge in [-0.2, -0.15) is 0 Å². The number of nitrogens with one attached hydrogen (secondary N) is 14. The van der Waals surface area contributed by atoms with E-state index in [1.54, 1.807) is 136 Å². The van der Waals surface area contributed by atoms with E-state index in [1.165, 1.54) is 31.7 Å². The molecule has 0 aliphatic carbocycles. The minimum absolute atomic E-state index is 0.0134. The molecular formula is C93H123N21O24S2. The molecule has 6 aromatic rings. The Morgan fingerprint density at radius 2 is 1.03 bits per heavy atom. The van der Waals surface area contributed by atoms with Crippen LogP contribution in [0.3, 0.4) is 0 Å². The van der Waals surface area contributed by atoms with Crippen LogP contribution in [0, 0.1) is 5.92 Å². The van der Waals surface area contributed by atoms with E-state index >= 15 is 38.4 Å². The van der Waals surface area contributed by atoms with Crippen molar-refractivity contribution in [3.05, 3.63) is 132 Å². The number of nitrogens with zero attached hydrogens (tertiary/aromatic N) is 5. The number of aliphatic hydroxyl groups is 1. The zero-order valence-electron chi connectivity index (χ0n) is 78.2. The number of hydrogen-bond acceptors (Lipinski definition) is 27. The summed E-state index contributed by atoms with van der Waals surface area (Å²) in [4.78, 5) is 296. The van der Waals surface area contributed by atoms with E-state index in [9.17, 15) is 78.0 Å². The lowest BCUT2D eigenvalue weighted by Crippen LogP contribution is -2.63. The zero-order chi connectivity index (χ0) is 102. The summed E-state index contributed by atoms with van der Waals surface area (Å²) in [6, 6.07) is 4.46. The lowest BCUT2D eigenvalue weighted by atomic mass is 9.97. The van der Waals surface area contributed by atoms with Gasteiger partial charge in [0, 0.05) is 137 Å². The maximum Gasteiger partial charge on any atom is 0.317 e. The Hall–Kier alpha value is -13.7. The molecule has 0 saturated carbocycles. The highest BCUT2D eigenvalue weighted by atomic mass is 33.1. The molecule has 0 unspecified atom stereocenters. The van der Waals surface area contributed by atoms with Crippen LogP contribution in [0.2, 0.25) is 0 Å². The summed E-state index contributed by atoms with van der Waals surface area (Å²) in [7, 11) is 1.37. The Balaban J connectivity index is 1.08. The highest BCUT2D eigenvalue weighted by Gasteiger charge is 2.42. The minimum atomic E-state index is -2.19. The molecule has 5 heterocycles. The van der Waals surface area contributed by atoms with Crippen LogP contribution in [0.4, 0.5) is 0 Å². The van der Waals surface area contributed by atoms with Crippen molar-refractivity contribution >= 4 is 173 Å². The first kappa shape index (κ1) is 110. The molecule has 140 heavy (non-hydrogen) atoms. The molecule has 3 aliphatic rings. The fourth-order valence-corrected chi connectivity index (χ4v) is 18.7. The van der Waals surface area contributed by atoms with Crippen LogP contribution in [0.5, 0.6) is 0 Å².